The van der Waals surface area contributed by atoms with Gasteiger partial charge in [-0.2, -0.15) is 0 Å². The summed E-state index contributed by atoms with van der Waals surface area (Å²) < 4.78 is 0. The molecule has 21 heavy (non-hydrogen) atoms. The summed E-state index contributed by atoms with van der Waals surface area (Å²) in [7, 11) is 0. The number of hydrogen-bond acceptors (Lipinski definition) is 5. The Kier molecular flexibility index (Phi) is 5.16. The second-order valence-electron chi connectivity index (χ2n) is 4.60. The molecule has 0 fully saturated rings. The molecule has 1 amide bonds. The van der Waals surface area contributed by atoms with Crippen molar-refractivity contribution in [1.29, 1.82) is 0 Å². The van der Waals surface area contributed by atoms with Crippen molar-refractivity contribution in [2.24, 2.45) is 0 Å². The van der Waals surface area contributed by atoms with E-state index in [1.807, 2.05) is 24.3 Å². The van der Waals surface area contributed by atoms with E-state index in [9.17, 15) is 4.79 Å². The maximum absolute atomic E-state index is 11.0. The summed E-state index contributed by atoms with van der Waals surface area (Å²) in [4.78, 5) is 20.4. The molecule has 0 aliphatic heterocycles. The second kappa shape index (κ2) is 7.08. The minimum atomic E-state index is -0.0794. The highest BCUT2D eigenvalue weighted by Crippen LogP contribution is 2.31. The Hall–Kier alpha value is -2.08. The fourth-order valence-corrected chi connectivity index (χ4v) is 2.83. The van der Waals surface area contributed by atoms with E-state index in [1.165, 1.54) is 13.3 Å². The molecular formula is C15H18N4OS. The lowest BCUT2D eigenvalue weighted by atomic mass is 10.2. The van der Waals surface area contributed by atoms with Crippen LogP contribution in [0, 0.1) is 0 Å². The first-order valence-electron chi connectivity index (χ1n) is 6.75. The van der Waals surface area contributed by atoms with Crippen LogP contribution < -0.4 is 11.1 Å². The van der Waals surface area contributed by atoms with Crippen molar-refractivity contribution >= 4 is 29.2 Å². The second-order valence-corrected chi connectivity index (χ2v) is 5.66. The number of rotatable bonds is 5. The van der Waals surface area contributed by atoms with Gasteiger partial charge in [-0.05, 0) is 30.7 Å². The van der Waals surface area contributed by atoms with Crippen LogP contribution in [0.25, 0.3) is 0 Å². The lowest BCUT2D eigenvalue weighted by molar-refractivity contribution is -0.114. The normalized spacial score (nSPS) is 10.4. The van der Waals surface area contributed by atoms with E-state index in [1.54, 1.807) is 11.8 Å². The van der Waals surface area contributed by atoms with Gasteiger partial charge >= 0.3 is 0 Å². The van der Waals surface area contributed by atoms with E-state index in [2.05, 4.69) is 22.2 Å². The minimum Gasteiger partial charge on any atom is -0.383 e. The lowest BCUT2D eigenvalue weighted by Crippen LogP contribution is -2.05. The molecular weight excluding hydrogens is 284 g/mol. The van der Waals surface area contributed by atoms with Crippen LogP contribution in [0.2, 0.25) is 0 Å². The number of carbonyl (C=O) groups excluding carboxylic acids is 1. The Morgan fingerprint density at radius 2 is 2.00 bits per heavy atom. The summed E-state index contributed by atoms with van der Waals surface area (Å²) in [5, 5.41) is 3.63. The predicted octanol–water partition coefficient (Wildman–Crippen LogP) is 3.12. The molecule has 0 aliphatic carbocycles. The van der Waals surface area contributed by atoms with Crippen molar-refractivity contribution in [2.75, 3.05) is 11.1 Å². The average molecular weight is 302 g/mol. The van der Waals surface area contributed by atoms with Crippen molar-refractivity contribution < 1.29 is 4.79 Å². The van der Waals surface area contributed by atoms with Crippen LogP contribution in [0.5, 0.6) is 0 Å². The molecule has 0 bridgehead atoms. The molecule has 0 unspecified atom stereocenters. The maximum Gasteiger partial charge on any atom is 0.221 e. The Balaban J connectivity index is 2.18. The zero-order valence-electron chi connectivity index (χ0n) is 12.1. The summed E-state index contributed by atoms with van der Waals surface area (Å²) in [5.41, 5.74) is 7.70. The van der Waals surface area contributed by atoms with E-state index < -0.39 is 0 Å². The van der Waals surface area contributed by atoms with E-state index >= 15 is 0 Å². The number of nitrogens with one attached hydrogen (secondary N) is 1. The lowest BCUT2D eigenvalue weighted by Gasteiger charge is -2.09. The van der Waals surface area contributed by atoms with Gasteiger partial charge in [-0.15, -0.1) is 0 Å². The summed E-state index contributed by atoms with van der Waals surface area (Å²) in [6.07, 6.45) is 3.34. The van der Waals surface area contributed by atoms with Crippen LogP contribution in [0.15, 0.2) is 40.5 Å². The number of benzene rings is 1. The van der Waals surface area contributed by atoms with E-state index in [0.29, 0.717) is 5.82 Å². The Bertz CT molecular complexity index is 628. The number of nitrogen functional groups attached to an aromatic ring is 1. The van der Waals surface area contributed by atoms with Gasteiger partial charge in [0.2, 0.25) is 5.91 Å². The summed E-state index contributed by atoms with van der Waals surface area (Å²) in [6, 6.07) is 7.63. The molecule has 0 spiro atoms. The van der Waals surface area contributed by atoms with Gasteiger partial charge in [0, 0.05) is 23.1 Å². The highest BCUT2D eigenvalue weighted by Gasteiger charge is 2.10. The molecule has 0 saturated carbocycles. The molecule has 0 radical (unpaired) electrons. The van der Waals surface area contributed by atoms with E-state index in [4.69, 9.17) is 5.73 Å². The van der Waals surface area contributed by atoms with Gasteiger partial charge in [0.15, 0.2) is 0 Å². The van der Waals surface area contributed by atoms with Crippen LogP contribution in [-0.2, 0) is 11.2 Å². The highest BCUT2D eigenvalue weighted by atomic mass is 32.2. The number of nitrogens with two attached hydrogens (primary N) is 1. The van der Waals surface area contributed by atoms with Crippen LogP contribution in [0.1, 0.15) is 25.8 Å². The summed E-state index contributed by atoms with van der Waals surface area (Å²) in [5.74, 6) is 0.466. The van der Waals surface area contributed by atoms with Crippen molar-refractivity contribution in [1.82, 2.24) is 9.97 Å². The zero-order chi connectivity index (χ0) is 15.2. The molecule has 1 aromatic heterocycles. The van der Waals surface area contributed by atoms with E-state index in [-0.39, 0.29) is 5.91 Å². The third-order valence-corrected chi connectivity index (χ3v) is 3.88. The predicted molar refractivity (Wildman–Crippen MR) is 85.3 cm³/mol. The van der Waals surface area contributed by atoms with Gasteiger partial charge in [-0.3, -0.25) is 4.79 Å². The van der Waals surface area contributed by atoms with Crippen molar-refractivity contribution in [3.05, 3.63) is 36.2 Å². The Morgan fingerprint density at radius 1 is 1.29 bits per heavy atom. The van der Waals surface area contributed by atoms with Crippen molar-refractivity contribution in [3.63, 3.8) is 0 Å². The van der Waals surface area contributed by atoms with Crippen LogP contribution in [0.4, 0.5) is 11.5 Å². The monoisotopic (exact) mass is 302 g/mol. The number of aromatic nitrogens is 2. The largest absolute Gasteiger partial charge is 0.383 e. The fourth-order valence-electron chi connectivity index (χ4n) is 1.90. The molecule has 110 valence electrons. The molecule has 1 heterocycles. The minimum absolute atomic E-state index is 0.0794. The summed E-state index contributed by atoms with van der Waals surface area (Å²) >= 11 is 1.55. The fraction of sp³-hybridized carbons (Fsp3) is 0.267. The standard InChI is InChI=1S/C15H18N4OS/c1-3-4-13-14(16)17-9-18-15(13)21-12-7-5-11(6-8-12)19-10(2)20/h5-9H,3-4H2,1-2H3,(H,19,20)(H2,16,17,18). The molecule has 2 aromatic rings. The number of nitrogens with zero attached hydrogens (tertiary/aromatic N) is 2. The molecule has 5 nitrogen and oxygen atoms in total. The Labute approximate surface area is 128 Å². The van der Waals surface area contributed by atoms with Crippen LogP contribution in [-0.4, -0.2) is 15.9 Å². The van der Waals surface area contributed by atoms with Crippen molar-refractivity contribution in [3.8, 4) is 0 Å². The highest BCUT2D eigenvalue weighted by molar-refractivity contribution is 7.99. The van der Waals surface area contributed by atoms with Gasteiger partial charge in [-0.25, -0.2) is 9.97 Å². The summed E-state index contributed by atoms with van der Waals surface area (Å²) in [6.45, 7) is 3.59. The molecule has 1 aromatic carbocycles. The Morgan fingerprint density at radius 3 is 2.62 bits per heavy atom. The van der Waals surface area contributed by atoms with Gasteiger partial charge in [0.25, 0.3) is 0 Å². The number of carbonyl (C=O) groups is 1. The molecule has 3 N–H and O–H groups in total. The average Bonchev–Trinajstić information content (AvgIpc) is 2.44. The smallest absolute Gasteiger partial charge is 0.221 e. The zero-order valence-corrected chi connectivity index (χ0v) is 12.9. The first-order chi connectivity index (χ1) is 10.1. The molecule has 0 saturated heterocycles. The SMILES string of the molecule is CCCc1c(N)ncnc1Sc1ccc(NC(C)=O)cc1. The van der Waals surface area contributed by atoms with Crippen molar-refractivity contribution in [2.45, 2.75) is 36.6 Å². The van der Waals surface area contributed by atoms with Crippen LogP contribution >= 0.6 is 11.8 Å². The third kappa shape index (κ3) is 4.19. The van der Waals surface area contributed by atoms with Gasteiger partial charge in [-0.1, -0.05) is 25.1 Å². The van der Waals surface area contributed by atoms with Gasteiger partial charge < -0.3 is 11.1 Å². The maximum atomic E-state index is 11.0. The third-order valence-electron chi connectivity index (χ3n) is 2.83. The first kappa shape index (κ1) is 15.3. The topological polar surface area (TPSA) is 80.9 Å². The number of amides is 1. The number of anilines is 2. The van der Waals surface area contributed by atoms with Gasteiger partial charge in [0.1, 0.15) is 17.2 Å². The van der Waals surface area contributed by atoms with Crippen LogP contribution in [0.3, 0.4) is 0 Å². The number of hydrogen-bond donors (Lipinski definition) is 2. The quantitative estimate of drug-likeness (QED) is 0.829. The molecule has 6 heteroatoms. The van der Waals surface area contributed by atoms with E-state index in [0.717, 1.165) is 34.0 Å². The molecule has 2 rings (SSSR count). The first-order valence-corrected chi connectivity index (χ1v) is 7.56. The molecule has 0 atom stereocenters. The molecule has 0 aliphatic rings. The van der Waals surface area contributed by atoms with Gasteiger partial charge in [0.05, 0.1) is 0 Å².